The Bertz CT molecular complexity index is 1600. The lowest BCUT2D eigenvalue weighted by Gasteiger charge is -2.23. The lowest BCUT2D eigenvalue weighted by molar-refractivity contribution is 0.388. The van der Waals surface area contributed by atoms with Gasteiger partial charge in [-0.25, -0.2) is 0 Å². The molecule has 282 valence electrons. The molecule has 0 radical (unpaired) electrons. The molecule has 6 atom stereocenters. The summed E-state index contributed by atoms with van der Waals surface area (Å²) in [4.78, 5) is 6.98. The topological polar surface area (TPSA) is 113 Å². The van der Waals surface area contributed by atoms with E-state index < -0.39 is 0 Å². The molecule has 0 N–H and O–H groups in total. The average Bonchev–Trinajstić information content (AvgIpc) is 3.95. The van der Waals surface area contributed by atoms with E-state index in [1.54, 1.807) is 0 Å². The predicted molar refractivity (Wildman–Crippen MR) is 201 cm³/mol. The first kappa shape index (κ1) is 34.0. The molecule has 0 aliphatic carbocycles. The quantitative estimate of drug-likeness (QED) is 0.0954. The van der Waals surface area contributed by atoms with Gasteiger partial charge in [0, 0.05) is 74.5 Å². The first-order valence-corrected chi connectivity index (χ1v) is 19.0. The molecule has 6 fully saturated rings. The van der Waals surface area contributed by atoms with E-state index in [-0.39, 0.29) is 36.6 Å². The van der Waals surface area contributed by atoms with Crippen LogP contribution in [0.5, 0.6) is 34.5 Å². The second kappa shape index (κ2) is 14.9. The third kappa shape index (κ3) is 9.56. The van der Waals surface area contributed by atoms with Crippen molar-refractivity contribution in [2.24, 2.45) is 0 Å². The minimum atomic E-state index is 0.287. The molecule has 4 aromatic carbocycles. The lowest BCUT2D eigenvalue weighted by atomic mass is 10.2. The Morgan fingerprint density at radius 1 is 0.333 bits per heavy atom. The highest BCUT2D eigenvalue weighted by Gasteiger charge is 2.33. The van der Waals surface area contributed by atoms with Crippen molar-refractivity contribution in [3.8, 4) is 34.5 Å². The van der Waals surface area contributed by atoms with Crippen LogP contribution in [-0.2, 0) is 28.4 Å². The molecule has 12 nitrogen and oxygen atoms in total. The Morgan fingerprint density at radius 3 is 0.722 bits per heavy atom. The molecule has 6 heterocycles. The highest BCUT2D eigenvalue weighted by Crippen LogP contribution is 2.37. The average molecular weight is 736 g/mol. The highest BCUT2D eigenvalue weighted by atomic mass is 16.6. The molecular formula is C42H45N3O9. The van der Waals surface area contributed by atoms with Crippen LogP contribution < -0.4 is 28.9 Å². The number of hydrogen-bond acceptors (Lipinski definition) is 12. The van der Waals surface area contributed by atoms with E-state index in [4.69, 9.17) is 42.6 Å². The molecule has 12 heteroatoms. The van der Waals surface area contributed by atoms with E-state index in [0.29, 0.717) is 34.5 Å². The van der Waals surface area contributed by atoms with Crippen molar-refractivity contribution in [3.63, 3.8) is 0 Å². The van der Waals surface area contributed by atoms with Gasteiger partial charge in [-0.05, 0) is 72.8 Å². The van der Waals surface area contributed by atoms with Crippen LogP contribution in [0.3, 0.4) is 0 Å². The Kier molecular flexibility index (Phi) is 9.39. The van der Waals surface area contributed by atoms with Gasteiger partial charge in [-0.2, -0.15) is 0 Å². The van der Waals surface area contributed by atoms with Crippen LogP contribution in [-0.4, -0.2) is 116 Å². The summed E-state index contributed by atoms with van der Waals surface area (Å²) in [5.41, 5.74) is 3.34. The van der Waals surface area contributed by atoms with Crippen molar-refractivity contribution >= 4 is 17.1 Å². The zero-order valence-corrected chi connectivity index (χ0v) is 30.1. The molecule has 6 saturated heterocycles. The van der Waals surface area contributed by atoms with E-state index >= 15 is 0 Å². The van der Waals surface area contributed by atoms with Crippen LogP contribution in [0.1, 0.15) is 0 Å². The summed E-state index contributed by atoms with van der Waals surface area (Å²) in [7, 11) is 0. The summed E-state index contributed by atoms with van der Waals surface area (Å²) < 4.78 is 52.4. The van der Waals surface area contributed by atoms with Crippen LogP contribution in [0.4, 0.5) is 17.1 Å². The van der Waals surface area contributed by atoms with Gasteiger partial charge in [-0.1, -0.05) is 0 Å². The summed E-state index contributed by atoms with van der Waals surface area (Å²) in [5.74, 6) is 3.91. The fourth-order valence-corrected chi connectivity index (χ4v) is 6.68. The van der Waals surface area contributed by atoms with Crippen molar-refractivity contribution < 1.29 is 42.6 Å². The maximum absolute atomic E-state index is 6.44. The van der Waals surface area contributed by atoms with Gasteiger partial charge in [0.25, 0.3) is 0 Å². The summed E-state index contributed by atoms with van der Waals surface area (Å²) in [5, 5.41) is 0. The van der Waals surface area contributed by atoms with E-state index in [1.165, 1.54) is 0 Å². The number of nitrogens with zero attached hydrogens (tertiary/aromatic N) is 3. The van der Waals surface area contributed by atoms with Crippen LogP contribution in [0.2, 0.25) is 0 Å². The zero-order valence-electron chi connectivity index (χ0n) is 30.1. The Morgan fingerprint density at radius 2 is 0.537 bits per heavy atom. The van der Waals surface area contributed by atoms with Gasteiger partial charge in [0.05, 0.1) is 76.3 Å². The molecule has 0 saturated carbocycles. The van der Waals surface area contributed by atoms with Crippen LogP contribution in [0, 0.1) is 0 Å². The molecule has 0 aromatic heterocycles. The van der Waals surface area contributed by atoms with Crippen molar-refractivity contribution in [2.45, 2.75) is 36.6 Å². The molecule has 0 spiro atoms. The second-order valence-electron chi connectivity index (χ2n) is 14.9. The van der Waals surface area contributed by atoms with Crippen molar-refractivity contribution in [1.29, 1.82) is 0 Å². The summed E-state index contributed by atoms with van der Waals surface area (Å²) in [6, 6.07) is 30.1. The fourth-order valence-electron chi connectivity index (χ4n) is 6.68. The summed E-state index contributed by atoms with van der Waals surface area (Å²) in [6.07, 6.45) is 1.72. The number of rotatable bonds is 21. The van der Waals surface area contributed by atoms with E-state index in [1.807, 2.05) is 54.6 Å². The van der Waals surface area contributed by atoms with Gasteiger partial charge in [-0.3, -0.25) is 0 Å². The van der Waals surface area contributed by atoms with Gasteiger partial charge in [-0.15, -0.1) is 0 Å². The minimum Gasteiger partial charge on any atom is -0.457 e. The SMILES string of the molecule is c1cc(N(CC2CO2)CC2CO2)ccc1Oc1cc(Oc2ccc(N(CC3CO3)CC3CO3)cc2)cc(Oc2ccc(N(CC3CO3)CC3CO3)cc2)c1. The van der Waals surface area contributed by atoms with Gasteiger partial charge < -0.3 is 57.3 Å². The molecule has 6 unspecified atom stereocenters. The van der Waals surface area contributed by atoms with Gasteiger partial charge >= 0.3 is 0 Å². The normalized spacial score (nSPS) is 25.3. The van der Waals surface area contributed by atoms with Crippen molar-refractivity contribution in [3.05, 3.63) is 91.0 Å². The minimum absolute atomic E-state index is 0.287. The first-order valence-electron chi connectivity index (χ1n) is 19.0. The number of hydrogen-bond donors (Lipinski definition) is 0. The van der Waals surface area contributed by atoms with Gasteiger partial charge in [0.1, 0.15) is 34.5 Å². The van der Waals surface area contributed by atoms with E-state index in [9.17, 15) is 0 Å². The van der Waals surface area contributed by atoms with Crippen molar-refractivity contribution in [2.75, 3.05) is 93.6 Å². The molecule has 10 rings (SSSR count). The van der Waals surface area contributed by atoms with Gasteiger partial charge in [0.15, 0.2) is 0 Å². The summed E-state index contributed by atoms with van der Waals surface area (Å²) in [6.45, 7) is 10.0. The summed E-state index contributed by atoms with van der Waals surface area (Å²) >= 11 is 0. The standard InChI is InChI=1S/C42H45N3O9/c1-7-31(8-2-28(1)43(16-37-22-46-37)17-38-23-47-38)52-34-13-35(53-32-9-3-29(4-10-32)44(18-39-24-48-39)19-40-25-49-40)15-36(14-34)54-33-11-5-30(6-12-33)45(20-41-26-50-41)21-42-27-51-42/h1-15,37-42H,16-27H2. The fraction of sp³-hybridized carbons (Fsp3) is 0.429. The number of ether oxygens (including phenoxy) is 9. The van der Waals surface area contributed by atoms with Crippen LogP contribution in [0.15, 0.2) is 91.0 Å². The van der Waals surface area contributed by atoms with Crippen LogP contribution in [0.25, 0.3) is 0 Å². The maximum atomic E-state index is 6.44. The van der Waals surface area contributed by atoms with E-state index in [0.717, 1.165) is 96.0 Å². The van der Waals surface area contributed by atoms with Crippen molar-refractivity contribution in [1.82, 2.24) is 0 Å². The number of epoxide rings is 6. The number of benzene rings is 4. The molecule has 0 amide bonds. The molecule has 6 aliphatic heterocycles. The third-order valence-corrected chi connectivity index (χ3v) is 10.1. The largest absolute Gasteiger partial charge is 0.457 e. The smallest absolute Gasteiger partial charge is 0.134 e. The molecular weight excluding hydrogens is 690 g/mol. The van der Waals surface area contributed by atoms with Crippen LogP contribution >= 0.6 is 0 Å². The first-order chi connectivity index (χ1) is 26.6. The van der Waals surface area contributed by atoms with Gasteiger partial charge in [0.2, 0.25) is 0 Å². The van der Waals surface area contributed by atoms with E-state index in [2.05, 4.69) is 51.1 Å². The predicted octanol–water partition coefficient (Wildman–Crippen LogP) is 5.88. The number of anilines is 3. The monoisotopic (exact) mass is 735 g/mol. The molecule has 6 aliphatic rings. The Hall–Kier alpha value is -4.56. The molecule has 4 aromatic rings. The second-order valence-corrected chi connectivity index (χ2v) is 14.9. The third-order valence-electron chi connectivity index (χ3n) is 10.1. The lowest BCUT2D eigenvalue weighted by Crippen LogP contribution is -2.31. The molecule has 0 bridgehead atoms. The molecule has 54 heavy (non-hydrogen) atoms. The maximum Gasteiger partial charge on any atom is 0.134 e. The Balaban J connectivity index is 0.868. The Labute approximate surface area is 314 Å². The highest BCUT2D eigenvalue weighted by molar-refractivity contribution is 5.54. The zero-order chi connectivity index (χ0) is 35.8.